The molecule has 1 fully saturated rings. The number of rotatable bonds is 4. The second-order valence-electron chi connectivity index (χ2n) is 7.60. The van der Waals surface area contributed by atoms with Crippen LogP contribution in [0, 0.1) is 0 Å². The number of nitrogens with one attached hydrogen (secondary N) is 1. The van der Waals surface area contributed by atoms with Crippen LogP contribution >= 0.6 is 0 Å². The molecule has 0 aromatic heterocycles. The summed E-state index contributed by atoms with van der Waals surface area (Å²) in [5, 5.41) is 3.59. The van der Waals surface area contributed by atoms with E-state index in [9.17, 15) is 4.79 Å². The standard InChI is InChI=1S/C22H24N2O3/c1-3-26-20-11-14-10-13(2)27-19(14)12-17(20)21-23-18-7-5-4-6-16(18)22(25)24(21)15-8-9-15/h4-7,11-13,15,21,23H,3,8-10H2,1-2H3. The zero-order chi connectivity index (χ0) is 18.5. The van der Waals surface area contributed by atoms with Crippen LogP contribution < -0.4 is 14.8 Å². The Labute approximate surface area is 159 Å². The predicted octanol–water partition coefficient (Wildman–Crippen LogP) is 4.14. The van der Waals surface area contributed by atoms with Gasteiger partial charge in [-0.15, -0.1) is 0 Å². The fourth-order valence-corrected chi connectivity index (χ4v) is 4.17. The molecule has 5 rings (SSSR count). The van der Waals surface area contributed by atoms with Gasteiger partial charge in [-0.05, 0) is 51.0 Å². The third-order valence-corrected chi connectivity index (χ3v) is 5.53. The van der Waals surface area contributed by atoms with Crippen LogP contribution in [0.4, 0.5) is 5.69 Å². The van der Waals surface area contributed by atoms with Crippen molar-refractivity contribution in [3.8, 4) is 11.5 Å². The van der Waals surface area contributed by atoms with Crippen molar-refractivity contribution < 1.29 is 14.3 Å². The van der Waals surface area contributed by atoms with Crippen LogP contribution in [0.25, 0.3) is 0 Å². The molecular weight excluding hydrogens is 340 g/mol. The Bertz CT molecular complexity index is 906. The summed E-state index contributed by atoms with van der Waals surface area (Å²) in [4.78, 5) is 15.2. The van der Waals surface area contributed by atoms with E-state index in [1.54, 1.807) is 0 Å². The first kappa shape index (κ1) is 16.5. The lowest BCUT2D eigenvalue weighted by Gasteiger charge is -2.39. The van der Waals surface area contributed by atoms with Gasteiger partial charge in [0.2, 0.25) is 0 Å². The van der Waals surface area contributed by atoms with Crippen molar-refractivity contribution in [2.45, 2.75) is 51.4 Å². The Morgan fingerprint density at radius 1 is 1.26 bits per heavy atom. The summed E-state index contributed by atoms with van der Waals surface area (Å²) in [6.45, 7) is 4.65. The summed E-state index contributed by atoms with van der Waals surface area (Å²) < 4.78 is 12.0. The van der Waals surface area contributed by atoms with Gasteiger partial charge in [0.1, 0.15) is 23.8 Å². The maximum absolute atomic E-state index is 13.3. The third kappa shape index (κ3) is 2.73. The number of fused-ring (bicyclic) bond motifs is 2. The molecule has 140 valence electrons. The Hall–Kier alpha value is -2.69. The number of carbonyl (C=O) groups excluding carboxylic acids is 1. The Morgan fingerprint density at radius 2 is 2.07 bits per heavy atom. The van der Waals surface area contributed by atoms with Crippen molar-refractivity contribution in [3.63, 3.8) is 0 Å². The highest BCUT2D eigenvalue weighted by Crippen LogP contribution is 2.45. The lowest BCUT2D eigenvalue weighted by molar-refractivity contribution is 0.0663. The van der Waals surface area contributed by atoms with Crippen molar-refractivity contribution >= 4 is 11.6 Å². The molecule has 5 nitrogen and oxygen atoms in total. The van der Waals surface area contributed by atoms with E-state index in [2.05, 4.69) is 24.4 Å². The van der Waals surface area contributed by atoms with Gasteiger partial charge in [-0.2, -0.15) is 0 Å². The molecule has 2 atom stereocenters. The topological polar surface area (TPSA) is 50.8 Å². The molecule has 2 aliphatic heterocycles. The molecule has 2 heterocycles. The van der Waals surface area contributed by atoms with Gasteiger partial charge in [-0.1, -0.05) is 12.1 Å². The van der Waals surface area contributed by atoms with E-state index in [0.29, 0.717) is 6.61 Å². The summed E-state index contributed by atoms with van der Waals surface area (Å²) in [6, 6.07) is 12.2. The first-order valence-electron chi connectivity index (χ1n) is 9.80. The molecule has 27 heavy (non-hydrogen) atoms. The van der Waals surface area contributed by atoms with Crippen LogP contribution in [0.5, 0.6) is 11.5 Å². The van der Waals surface area contributed by atoms with E-state index in [1.165, 1.54) is 5.56 Å². The van der Waals surface area contributed by atoms with Gasteiger partial charge < -0.3 is 19.7 Å². The summed E-state index contributed by atoms with van der Waals surface area (Å²) in [6.07, 6.45) is 2.92. The highest BCUT2D eigenvalue weighted by Gasteiger charge is 2.43. The van der Waals surface area contributed by atoms with E-state index in [1.807, 2.05) is 36.1 Å². The maximum Gasteiger partial charge on any atom is 0.258 e. The molecule has 1 saturated carbocycles. The number of nitrogens with zero attached hydrogens (tertiary/aromatic N) is 1. The fourth-order valence-electron chi connectivity index (χ4n) is 4.17. The summed E-state index contributed by atoms with van der Waals surface area (Å²) in [5.74, 6) is 1.84. The van der Waals surface area contributed by atoms with E-state index >= 15 is 0 Å². The average molecular weight is 364 g/mol. The number of carbonyl (C=O) groups is 1. The molecule has 0 spiro atoms. The molecular formula is C22H24N2O3. The normalized spacial score (nSPS) is 23.3. The van der Waals surface area contributed by atoms with Gasteiger partial charge in [-0.3, -0.25) is 4.79 Å². The van der Waals surface area contributed by atoms with Gasteiger partial charge >= 0.3 is 0 Å². The van der Waals surface area contributed by atoms with E-state index in [0.717, 1.165) is 47.6 Å². The first-order chi connectivity index (χ1) is 13.2. The van der Waals surface area contributed by atoms with Gasteiger partial charge in [0, 0.05) is 29.3 Å². The molecule has 5 heteroatoms. The van der Waals surface area contributed by atoms with Crippen LogP contribution in [0.3, 0.4) is 0 Å². The number of amides is 1. The predicted molar refractivity (Wildman–Crippen MR) is 103 cm³/mol. The third-order valence-electron chi connectivity index (χ3n) is 5.53. The molecule has 2 unspecified atom stereocenters. The zero-order valence-corrected chi connectivity index (χ0v) is 15.7. The van der Waals surface area contributed by atoms with Crippen LogP contribution in [-0.4, -0.2) is 29.6 Å². The summed E-state index contributed by atoms with van der Waals surface area (Å²) in [7, 11) is 0. The van der Waals surface area contributed by atoms with Crippen molar-refractivity contribution in [1.29, 1.82) is 0 Å². The van der Waals surface area contributed by atoms with Crippen LogP contribution in [0.1, 0.15) is 54.3 Å². The summed E-state index contributed by atoms with van der Waals surface area (Å²) in [5.41, 5.74) is 3.76. The van der Waals surface area contributed by atoms with Crippen molar-refractivity contribution in [3.05, 3.63) is 53.1 Å². The summed E-state index contributed by atoms with van der Waals surface area (Å²) >= 11 is 0. The molecule has 0 bridgehead atoms. The molecule has 0 saturated heterocycles. The minimum Gasteiger partial charge on any atom is -0.493 e. The lowest BCUT2D eigenvalue weighted by atomic mass is 10.00. The number of ether oxygens (including phenoxy) is 2. The van der Waals surface area contributed by atoms with Crippen molar-refractivity contribution in [2.24, 2.45) is 0 Å². The van der Waals surface area contributed by atoms with Crippen LogP contribution in [-0.2, 0) is 6.42 Å². The van der Waals surface area contributed by atoms with E-state index in [-0.39, 0.29) is 24.2 Å². The van der Waals surface area contributed by atoms with Crippen molar-refractivity contribution in [1.82, 2.24) is 4.90 Å². The molecule has 1 aliphatic carbocycles. The zero-order valence-electron chi connectivity index (χ0n) is 15.7. The average Bonchev–Trinajstić information content (AvgIpc) is 3.42. The SMILES string of the molecule is CCOc1cc2c(cc1C1Nc3ccccc3C(=O)N1C1CC1)OC(C)C2. The highest BCUT2D eigenvalue weighted by atomic mass is 16.5. The second-order valence-corrected chi connectivity index (χ2v) is 7.60. The molecule has 3 aliphatic rings. The number of anilines is 1. The van der Waals surface area contributed by atoms with Gasteiger partial charge in [0.25, 0.3) is 5.91 Å². The van der Waals surface area contributed by atoms with Gasteiger partial charge in [0.15, 0.2) is 0 Å². The number of hydrogen-bond donors (Lipinski definition) is 1. The van der Waals surface area contributed by atoms with Crippen molar-refractivity contribution in [2.75, 3.05) is 11.9 Å². The number of hydrogen-bond acceptors (Lipinski definition) is 4. The Morgan fingerprint density at radius 3 is 2.85 bits per heavy atom. The largest absolute Gasteiger partial charge is 0.493 e. The van der Waals surface area contributed by atoms with E-state index in [4.69, 9.17) is 9.47 Å². The first-order valence-corrected chi connectivity index (χ1v) is 9.80. The van der Waals surface area contributed by atoms with Crippen LogP contribution in [0.15, 0.2) is 36.4 Å². The minimum atomic E-state index is -0.244. The quantitative estimate of drug-likeness (QED) is 0.886. The maximum atomic E-state index is 13.3. The molecule has 1 N–H and O–H groups in total. The number of benzene rings is 2. The van der Waals surface area contributed by atoms with Gasteiger partial charge in [-0.25, -0.2) is 0 Å². The van der Waals surface area contributed by atoms with Crippen LogP contribution in [0.2, 0.25) is 0 Å². The van der Waals surface area contributed by atoms with Gasteiger partial charge in [0.05, 0.1) is 12.2 Å². The molecule has 2 aromatic rings. The fraction of sp³-hybridized carbons (Fsp3) is 0.409. The smallest absolute Gasteiger partial charge is 0.258 e. The van der Waals surface area contributed by atoms with E-state index < -0.39 is 0 Å². The Kier molecular flexibility index (Phi) is 3.78. The molecule has 0 radical (unpaired) electrons. The minimum absolute atomic E-state index is 0.0917. The molecule has 1 amide bonds. The molecule has 2 aromatic carbocycles. The number of para-hydroxylation sites is 1. The lowest BCUT2D eigenvalue weighted by Crippen LogP contribution is -2.44. The highest BCUT2D eigenvalue weighted by molar-refractivity contribution is 6.02. The second kappa shape index (κ2) is 6.19. The Balaban J connectivity index is 1.62. The monoisotopic (exact) mass is 364 g/mol.